The van der Waals surface area contributed by atoms with Crippen LogP contribution in [0.25, 0.3) is 0 Å². The molecule has 0 radical (unpaired) electrons. The molecule has 0 heterocycles. The molecule has 0 bridgehead atoms. The number of hydrogen-bond acceptors (Lipinski definition) is 1. The van der Waals surface area contributed by atoms with E-state index in [1.165, 1.54) is 5.57 Å². The monoisotopic (exact) mass is 178 g/mol. The Balaban J connectivity index is 2.62. The molecule has 0 aromatic carbocycles. The minimum atomic E-state index is 0.327. The Bertz CT molecular complexity index is 246. The summed E-state index contributed by atoms with van der Waals surface area (Å²) in [6.07, 6.45) is 9.23. The van der Waals surface area contributed by atoms with Crippen molar-refractivity contribution in [3.63, 3.8) is 0 Å². The third kappa shape index (κ3) is 3.58. The average molecular weight is 178 g/mol. The average Bonchev–Trinajstić information content (AvgIpc) is 2.11. The molecule has 1 heteroatoms. The Labute approximate surface area is 80.5 Å². The van der Waals surface area contributed by atoms with Crippen LogP contribution in [0.15, 0.2) is 23.3 Å². The molecule has 0 amide bonds. The molecule has 0 aliphatic heterocycles. The highest BCUT2D eigenvalue weighted by Gasteiger charge is 2.04. The van der Waals surface area contributed by atoms with Crippen molar-refractivity contribution < 1.29 is 4.79 Å². The van der Waals surface area contributed by atoms with E-state index in [1.807, 2.05) is 6.92 Å². The van der Waals surface area contributed by atoms with Crippen LogP contribution in [0.4, 0.5) is 0 Å². The van der Waals surface area contributed by atoms with E-state index in [4.69, 9.17) is 0 Å². The van der Waals surface area contributed by atoms with Gasteiger partial charge in [-0.25, -0.2) is 0 Å². The molecule has 1 aliphatic rings. The molecule has 1 rings (SSSR count). The van der Waals surface area contributed by atoms with E-state index in [-0.39, 0.29) is 0 Å². The number of hydrogen-bond donors (Lipinski definition) is 0. The Hall–Kier alpha value is -0.850. The zero-order chi connectivity index (χ0) is 9.68. The minimum Gasteiger partial charge on any atom is -0.295 e. The maximum Gasteiger partial charge on any atom is 0.158 e. The second kappa shape index (κ2) is 5.00. The smallest absolute Gasteiger partial charge is 0.158 e. The first-order valence-electron chi connectivity index (χ1n) is 5.06. The number of Topliss-reactive ketones (excluding diaryl/α,β-unsaturated/α-hetero) is 1. The van der Waals surface area contributed by atoms with Gasteiger partial charge in [0, 0.05) is 6.42 Å². The van der Waals surface area contributed by atoms with Gasteiger partial charge in [0.15, 0.2) is 5.78 Å². The lowest BCUT2D eigenvalue weighted by Gasteiger charge is -2.04. The van der Waals surface area contributed by atoms with Crippen LogP contribution in [0.5, 0.6) is 0 Å². The van der Waals surface area contributed by atoms with Gasteiger partial charge >= 0.3 is 0 Å². The van der Waals surface area contributed by atoms with Crippen LogP contribution in [0.1, 0.15) is 46.0 Å². The first-order valence-corrected chi connectivity index (χ1v) is 5.06. The molecule has 0 atom stereocenters. The second-order valence-corrected chi connectivity index (χ2v) is 3.79. The summed E-state index contributed by atoms with van der Waals surface area (Å²) in [5.74, 6) is 0.327. The van der Waals surface area contributed by atoms with Crippen LogP contribution in [0.3, 0.4) is 0 Å². The fourth-order valence-electron chi connectivity index (χ4n) is 1.54. The SMILES string of the molecule is C/C1=C/CCCC(=O)/C(C)=C/CC1. The van der Waals surface area contributed by atoms with Crippen molar-refractivity contribution >= 4 is 5.78 Å². The van der Waals surface area contributed by atoms with Gasteiger partial charge in [-0.2, -0.15) is 0 Å². The molecule has 0 N–H and O–H groups in total. The van der Waals surface area contributed by atoms with Gasteiger partial charge in [-0.1, -0.05) is 17.7 Å². The molecule has 0 aromatic heterocycles. The van der Waals surface area contributed by atoms with Crippen molar-refractivity contribution in [3.8, 4) is 0 Å². The third-order valence-corrected chi connectivity index (χ3v) is 2.53. The quantitative estimate of drug-likeness (QED) is 0.519. The predicted octanol–water partition coefficient (Wildman–Crippen LogP) is 3.41. The van der Waals surface area contributed by atoms with Gasteiger partial charge in [0.2, 0.25) is 0 Å². The van der Waals surface area contributed by atoms with Crippen molar-refractivity contribution in [1.82, 2.24) is 0 Å². The lowest BCUT2D eigenvalue weighted by molar-refractivity contribution is -0.115. The molecule has 1 nitrogen and oxygen atoms in total. The fraction of sp³-hybridized carbons (Fsp3) is 0.583. The summed E-state index contributed by atoms with van der Waals surface area (Å²) in [4.78, 5) is 11.4. The van der Waals surface area contributed by atoms with E-state index in [1.54, 1.807) is 0 Å². The van der Waals surface area contributed by atoms with Crippen molar-refractivity contribution in [2.75, 3.05) is 0 Å². The molecule has 0 spiro atoms. The summed E-state index contributed by atoms with van der Waals surface area (Å²) >= 11 is 0. The molecule has 72 valence electrons. The van der Waals surface area contributed by atoms with Crippen LogP contribution in [0.2, 0.25) is 0 Å². The standard InChI is InChI=1S/C12H18O/c1-10-6-3-4-9-12(13)11(2)8-5-7-10/h6,8H,3-5,7,9H2,1-2H3/b10-6-,11-8+. The summed E-state index contributed by atoms with van der Waals surface area (Å²) in [7, 11) is 0. The number of carbonyl (C=O) groups is 1. The minimum absolute atomic E-state index is 0.327. The van der Waals surface area contributed by atoms with Gasteiger partial charge in [-0.15, -0.1) is 0 Å². The first-order chi connectivity index (χ1) is 6.20. The fourth-order valence-corrected chi connectivity index (χ4v) is 1.54. The zero-order valence-corrected chi connectivity index (χ0v) is 8.60. The summed E-state index contributed by atoms with van der Waals surface area (Å²) in [6, 6.07) is 0. The molecular formula is C12H18O. The maximum atomic E-state index is 11.4. The topological polar surface area (TPSA) is 17.1 Å². The predicted molar refractivity (Wildman–Crippen MR) is 55.6 cm³/mol. The van der Waals surface area contributed by atoms with Gasteiger partial charge in [-0.05, 0) is 45.1 Å². The van der Waals surface area contributed by atoms with Crippen LogP contribution in [0, 0.1) is 0 Å². The first kappa shape index (κ1) is 10.2. The highest BCUT2D eigenvalue weighted by Crippen LogP contribution is 2.13. The van der Waals surface area contributed by atoms with Crippen molar-refractivity contribution in [2.45, 2.75) is 46.0 Å². The third-order valence-electron chi connectivity index (χ3n) is 2.53. The van der Waals surface area contributed by atoms with E-state index in [0.717, 1.165) is 31.3 Å². The van der Waals surface area contributed by atoms with Crippen LogP contribution in [-0.4, -0.2) is 5.78 Å². The van der Waals surface area contributed by atoms with E-state index in [2.05, 4.69) is 19.1 Å². The molecule has 0 fully saturated rings. The zero-order valence-electron chi connectivity index (χ0n) is 8.60. The van der Waals surface area contributed by atoms with Crippen molar-refractivity contribution in [3.05, 3.63) is 23.3 Å². The Morgan fingerprint density at radius 1 is 1.08 bits per heavy atom. The van der Waals surface area contributed by atoms with Crippen molar-refractivity contribution in [2.24, 2.45) is 0 Å². The van der Waals surface area contributed by atoms with Crippen molar-refractivity contribution in [1.29, 1.82) is 0 Å². The van der Waals surface area contributed by atoms with Crippen LogP contribution in [-0.2, 0) is 4.79 Å². The van der Waals surface area contributed by atoms with E-state index in [9.17, 15) is 4.79 Å². The van der Waals surface area contributed by atoms with Gasteiger partial charge in [0.1, 0.15) is 0 Å². The molecule has 13 heavy (non-hydrogen) atoms. The normalized spacial score (nSPS) is 28.6. The number of rotatable bonds is 0. The molecule has 0 saturated heterocycles. The lowest BCUT2D eigenvalue weighted by atomic mass is 10.0. The van der Waals surface area contributed by atoms with Gasteiger partial charge < -0.3 is 0 Å². The van der Waals surface area contributed by atoms with Gasteiger partial charge in [-0.3, -0.25) is 4.79 Å². The maximum absolute atomic E-state index is 11.4. The van der Waals surface area contributed by atoms with Crippen LogP contribution >= 0.6 is 0 Å². The Morgan fingerprint density at radius 3 is 2.62 bits per heavy atom. The molecule has 1 aliphatic carbocycles. The largest absolute Gasteiger partial charge is 0.295 e. The molecule has 0 unspecified atom stereocenters. The number of allylic oxidation sites excluding steroid dienone is 4. The molecule has 0 saturated carbocycles. The summed E-state index contributed by atoms with van der Waals surface area (Å²) in [6.45, 7) is 4.11. The second-order valence-electron chi connectivity index (χ2n) is 3.79. The summed E-state index contributed by atoms with van der Waals surface area (Å²) in [5.41, 5.74) is 2.41. The summed E-state index contributed by atoms with van der Waals surface area (Å²) < 4.78 is 0. The summed E-state index contributed by atoms with van der Waals surface area (Å²) in [5, 5.41) is 0. The Kier molecular flexibility index (Phi) is 3.94. The van der Waals surface area contributed by atoms with E-state index in [0.29, 0.717) is 12.2 Å². The van der Waals surface area contributed by atoms with E-state index < -0.39 is 0 Å². The van der Waals surface area contributed by atoms with Gasteiger partial charge in [0.05, 0.1) is 0 Å². The van der Waals surface area contributed by atoms with E-state index >= 15 is 0 Å². The van der Waals surface area contributed by atoms with Crippen LogP contribution < -0.4 is 0 Å². The Morgan fingerprint density at radius 2 is 1.85 bits per heavy atom. The number of carbonyl (C=O) groups excluding carboxylic acids is 1. The number of ketones is 1. The highest BCUT2D eigenvalue weighted by molar-refractivity contribution is 5.94. The highest BCUT2D eigenvalue weighted by atomic mass is 16.1. The lowest BCUT2D eigenvalue weighted by Crippen LogP contribution is -2.00. The molecule has 0 aromatic rings. The van der Waals surface area contributed by atoms with Gasteiger partial charge in [0.25, 0.3) is 0 Å². The molecular weight excluding hydrogens is 160 g/mol.